The number of ether oxygens (including phenoxy) is 1. The molecule has 7 nitrogen and oxygen atoms in total. The minimum atomic E-state index is -1.47. The van der Waals surface area contributed by atoms with E-state index in [4.69, 9.17) is 14.9 Å². The number of hydrogen-bond donors (Lipinski definition) is 3. The highest BCUT2D eigenvalue weighted by Gasteiger charge is 2.23. The minimum absolute atomic E-state index is 0.382. The van der Waals surface area contributed by atoms with Gasteiger partial charge in [0, 0.05) is 0 Å². The van der Waals surface area contributed by atoms with Gasteiger partial charge >= 0.3 is 11.9 Å². The van der Waals surface area contributed by atoms with E-state index in [0.717, 1.165) is 5.56 Å². The zero-order valence-corrected chi connectivity index (χ0v) is 10.8. The van der Waals surface area contributed by atoms with Gasteiger partial charge in [-0.25, -0.2) is 4.79 Å². The van der Waals surface area contributed by atoms with Crippen LogP contribution in [0.1, 0.15) is 12.0 Å². The third-order valence-corrected chi connectivity index (χ3v) is 2.37. The second kappa shape index (κ2) is 7.13. The van der Waals surface area contributed by atoms with Crippen molar-refractivity contribution in [3.05, 3.63) is 29.8 Å². The van der Waals surface area contributed by atoms with Gasteiger partial charge in [0.05, 0.1) is 6.42 Å². The van der Waals surface area contributed by atoms with E-state index in [0.29, 0.717) is 5.75 Å². The fourth-order valence-electron chi connectivity index (χ4n) is 1.46. The molecule has 0 aliphatic carbocycles. The monoisotopic (exact) mass is 281 g/mol. The Morgan fingerprint density at radius 1 is 1.30 bits per heavy atom. The lowest BCUT2D eigenvalue weighted by Gasteiger charge is -2.13. The van der Waals surface area contributed by atoms with Crippen molar-refractivity contribution in [2.45, 2.75) is 19.4 Å². The van der Waals surface area contributed by atoms with Crippen molar-refractivity contribution in [3.8, 4) is 5.75 Å². The van der Waals surface area contributed by atoms with Crippen LogP contribution in [-0.4, -0.2) is 40.7 Å². The van der Waals surface area contributed by atoms with Gasteiger partial charge in [-0.1, -0.05) is 12.1 Å². The summed E-state index contributed by atoms with van der Waals surface area (Å²) in [4.78, 5) is 32.7. The molecule has 0 aliphatic rings. The van der Waals surface area contributed by atoms with Crippen molar-refractivity contribution >= 4 is 17.8 Å². The van der Waals surface area contributed by atoms with Crippen LogP contribution in [-0.2, 0) is 14.4 Å². The van der Waals surface area contributed by atoms with Crippen molar-refractivity contribution in [3.63, 3.8) is 0 Å². The summed E-state index contributed by atoms with van der Waals surface area (Å²) in [5.74, 6) is -2.93. The Morgan fingerprint density at radius 3 is 2.55 bits per heavy atom. The van der Waals surface area contributed by atoms with Gasteiger partial charge < -0.3 is 20.3 Å². The number of carbonyl (C=O) groups is 3. The van der Waals surface area contributed by atoms with E-state index in [1.165, 1.54) is 0 Å². The summed E-state index contributed by atoms with van der Waals surface area (Å²) in [5, 5.41) is 19.4. The maximum atomic E-state index is 11.5. The van der Waals surface area contributed by atoms with Gasteiger partial charge in [0.1, 0.15) is 11.8 Å². The molecule has 0 aromatic heterocycles. The predicted molar refractivity (Wildman–Crippen MR) is 68.5 cm³/mol. The largest absolute Gasteiger partial charge is 0.484 e. The normalized spacial score (nSPS) is 11.4. The summed E-state index contributed by atoms with van der Waals surface area (Å²) in [5.41, 5.74) is 0.956. The number of rotatable bonds is 7. The molecule has 3 N–H and O–H groups in total. The van der Waals surface area contributed by atoms with E-state index in [1.807, 2.05) is 13.0 Å². The van der Waals surface area contributed by atoms with Gasteiger partial charge in [0.25, 0.3) is 5.91 Å². The summed E-state index contributed by atoms with van der Waals surface area (Å²) in [6, 6.07) is 5.53. The van der Waals surface area contributed by atoms with E-state index in [9.17, 15) is 14.4 Å². The Morgan fingerprint density at radius 2 is 2.00 bits per heavy atom. The molecule has 0 aliphatic heterocycles. The Labute approximate surface area is 115 Å². The van der Waals surface area contributed by atoms with Gasteiger partial charge in [0.2, 0.25) is 0 Å². The molecule has 0 spiro atoms. The van der Waals surface area contributed by atoms with Crippen LogP contribution in [0.3, 0.4) is 0 Å². The topological polar surface area (TPSA) is 113 Å². The number of carbonyl (C=O) groups excluding carboxylic acids is 1. The number of aliphatic carboxylic acids is 2. The molecule has 1 atom stereocenters. The quantitative estimate of drug-likeness (QED) is 0.667. The Kier molecular flexibility index (Phi) is 5.52. The average molecular weight is 281 g/mol. The van der Waals surface area contributed by atoms with Crippen LogP contribution in [0.25, 0.3) is 0 Å². The first kappa shape index (κ1) is 15.5. The molecular weight excluding hydrogens is 266 g/mol. The van der Waals surface area contributed by atoms with E-state index in [-0.39, 0.29) is 6.61 Å². The first-order valence-electron chi connectivity index (χ1n) is 5.82. The lowest BCUT2D eigenvalue weighted by molar-refractivity contribution is -0.147. The van der Waals surface area contributed by atoms with Crippen LogP contribution >= 0.6 is 0 Å². The number of benzene rings is 1. The molecule has 108 valence electrons. The molecule has 0 heterocycles. The van der Waals surface area contributed by atoms with Crippen molar-refractivity contribution in [2.24, 2.45) is 0 Å². The Bertz CT molecular complexity index is 513. The van der Waals surface area contributed by atoms with E-state index in [1.54, 1.807) is 18.2 Å². The summed E-state index contributed by atoms with van der Waals surface area (Å²) in [6.45, 7) is 1.48. The number of nitrogens with one attached hydrogen (secondary N) is 1. The molecule has 20 heavy (non-hydrogen) atoms. The summed E-state index contributed by atoms with van der Waals surface area (Å²) >= 11 is 0. The van der Waals surface area contributed by atoms with E-state index >= 15 is 0 Å². The summed E-state index contributed by atoms with van der Waals surface area (Å²) in [7, 11) is 0. The Balaban J connectivity index is 2.49. The van der Waals surface area contributed by atoms with E-state index in [2.05, 4.69) is 5.32 Å². The lowest BCUT2D eigenvalue weighted by Crippen LogP contribution is -2.44. The highest BCUT2D eigenvalue weighted by molar-refractivity contribution is 5.87. The molecular formula is C13H15NO6. The van der Waals surface area contributed by atoms with Crippen LogP contribution in [0.15, 0.2) is 24.3 Å². The van der Waals surface area contributed by atoms with Crippen LogP contribution in [0.5, 0.6) is 5.75 Å². The fraction of sp³-hybridized carbons (Fsp3) is 0.308. The molecule has 0 bridgehead atoms. The second-order valence-electron chi connectivity index (χ2n) is 4.16. The van der Waals surface area contributed by atoms with Crippen molar-refractivity contribution in [2.75, 3.05) is 6.61 Å². The molecule has 0 fully saturated rings. The molecule has 0 radical (unpaired) electrons. The van der Waals surface area contributed by atoms with Crippen molar-refractivity contribution < 1.29 is 29.3 Å². The third-order valence-electron chi connectivity index (χ3n) is 2.37. The number of aryl methyl sites for hydroxylation is 1. The highest BCUT2D eigenvalue weighted by atomic mass is 16.5. The van der Waals surface area contributed by atoms with Crippen LogP contribution in [0.2, 0.25) is 0 Å². The third kappa shape index (κ3) is 5.38. The summed E-state index contributed by atoms with van der Waals surface area (Å²) < 4.78 is 5.18. The average Bonchev–Trinajstić information content (AvgIpc) is 2.35. The number of amides is 1. The molecule has 7 heteroatoms. The maximum absolute atomic E-state index is 11.5. The van der Waals surface area contributed by atoms with Crippen molar-refractivity contribution in [1.29, 1.82) is 0 Å². The second-order valence-corrected chi connectivity index (χ2v) is 4.16. The number of hydrogen-bond acceptors (Lipinski definition) is 4. The van der Waals surface area contributed by atoms with Crippen LogP contribution in [0.4, 0.5) is 0 Å². The maximum Gasteiger partial charge on any atom is 0.326 e. The van der Waals surface area contributed by atoms with Gasteiger partial charge in [-0.15, -0.1) is 0 Å². The fourth-order valence-corrected chi connectivity index (χ4v) is 1.46. The predicted octanol–water partition coefficient (Wildman–Crippen LogP) is 0.418. The number of carboxylic acid groups (broad SMARTS) is 2. The molecule has 0 saturated carbocycles. The van der Waals surface area contributed by atoms with Gasteiger partial charge in [-0.3, -0.25) is 9.59 Å². The van der Waals surface area contributed by atoms with Crippen LogP contribution in [0, 0.1) is 6.92 Å². The van der Waals surface area contributed by atoms with E-state index < -0.39 is 30.3 Å². The first-order chi connectivity index (χ1) is 9.38. The molecule has 1 aromatic carbocycles. The first-order valence-corrected chi connectivity index (χ1v) is 5.82. The molecule has 0 saturated heterocycles. The van der Waals surface area contributed by atoms with Gasteiger partial charge in [0.15, 0.2) is 6.61 Å². The van der Waals surface area contributed by atoms with Gasteiger partial charge in [-0.05, 0) is 24.6 Å². The van der Waals surface area contributed by atoms with Gasteiger partial charge in [-0.2, -0.15) is 0 Å². The smallest absolute Gasteiger partial charge is 0.326 e. The highest BCUT2D eigenvalue weighted by Crippen LogP contribution is 2.11. The SMILES string of the molecule is Cc1cccc(OCC(=O)N[C@@H](CC(=O)O)C(=O)O)c1. The lowest BCUT2D eigenvalue weighted by atomic mass is 10.2. The van der Waals surface area contributed by atoms with Crippen LogP contribution < -0.4 is 10.1 Å². The number of carboxylic acids is 2. The zero-order chi connectivity index (χ0) is 15.1. The molecule has 0 unspecified atom stereocenters. The zero-order valence-electron chi connectivity index (χ0n) is 10.8. The molecule has 1 aromatic rings. The minimum Gasteiger partial charge on any atom is -0.484 e. The standard InChI is InChI=1S/C13H15NO6/c1-8-3-2-4-9(5-8)20-7-11(15)14-10(13(18)19)6-12(16)17/h2-5,10H,6-7H2,1H3,(H,14,15)(H,16,17)(H,18,19)/t10-/m0/s1. The summed E-state index contributed by atoms with van der Waals surface area (Å²) in [6.07, 6.45) is -0.689. The molecule has 1 amide bonds. The Hall–Kier alpha value is -2.57. The van der Waals surface area contributed by atoms with Crippen molar-refractivity contribution in [1.82, 2.24) is 5.32 Å². The molecule has 1 rings (SSSR count).